The highest BCUT2D eigenvalue weighted by atomic mass is 19.2. The predicted molar refractivity (Wildman–Crippen MR) is 66.4 cm³/mol. The Kier molecular flexibility index (Phi) is 5.14. The number of amides is 2. The molecule has 1 aliphatic heterocycles. The number of carbonyl (C=O) groups excluding carboxylic acids is 2. The van der Waals surface area contributed by atoms with Gasteiger partial charge in [-0.05, 0) is 6.42 Å². The van der Waals surface area contributed by atoms with Crippen molar-refractivity contribution in [2.75, 3.05) is 18.5 Å². The number of hydroxylamine groups is 2. The number of nitrogens with one attached hydrogen (secondary N) is 1. The fourth-order valence-corrected chi connectivity index (χ4v) is 1.91. The first-order valence-electron chi connectivity index (χ1n) is 6.57. The lowest BCUT2D eigenvalue weighted by atomic mass is 10.2. The van der Waals surface area contributed by atoms with Gasteiger partial charge >= 0.3 is 0 Å². The molecule has 1 aliphatic rings. The summed E-state index contributed by atoms with van der Waals surface area (Å²) < 4.78 is 65.6. The van der Waals surface area contributed by atoms with Gasteiger partial charge in [-0.2, -0.15) is 0 Å². The minimum atomic E-state index is -2.32. The van der Waals surface area contributed by atoms with Gasteiger partial charge in [0.2, 0.25) is 17.6 Å². The number of rotatable bonds is 4. The van der Waals surface area contributed by atoms with Crippen molar-refractivity contribution in [2.24, 2.45) is 0 Å². The second kappa shape index (κ2) is 6.90. The van der Waals surface area contributed by atoms with Gasteiger partial charge in [-0.15, -0.1) is 0 Å². The zero-order chi connectivity index (χ0) is 17.1. The van der Waals surface area contributed by atoms with Crippen molar-refractivity contribution in [1.82, 2.24) is 5.06 Å². The summed E-state index contributed by atoms with van der Waals surface area (Å²) in [7, 11) is 0. The van der Waals surface area contributed by atoms with Gasteiger partial charge in [-0.25, -0.2) is 27.0 Å². The van der Waals surface area contributed by atoms with Crippen LogP contribution in [0, 0.1) is 29.1 Å². The molecule has 0 unspecified atom stereocenters. The van der Waals surface area contributed by atoms with E-state index >= 15 is 0 Å². The average molecular weight is 338 g/mol. The van der Waals surface area contributed by atoms with Crippen molar-refractivity contribution in [3.05, 3.63) is 29.1 Å². The van der Waals surface area contributed by atoms with Crippen LogP contribution in [0.2, 0.25) is 0 Å². The Bertz CT molecular complexity index is 618. The van der Waals surface area contributed by atoms with E-state index < -0.39 is 53.0 Å². The Morgan fingerprint density at radius 3 is 2.04 bits per heavy atom. The van der Waals surface area contributed by atoms with E-state index in [1.807, 2.05) is 0 Å². The summed E-state index contributed by atoms with van der Waals surface area (Å²) in [5.41, 5.74) is -1.45. The minimum absolute atomic E-state index is 0.332. The highest BCUT2D eigenvalue weighted by Crippen LogP contribution is 2.27. The third-order valence-electron chi connectivity index (χ3n) is 3.07. The van der Waals surface area contributed by atoms with E-state index in [0.29, 0.717) is 19.6 Å². The van der Waals surface area contributed by atoms with Crippen LogP contribution < -0.4 is 5.32 Å². The van der Waals surface area contributed by atoms with Gasteiger partial charge in [0.15, 0.2) is 23.3 Å². The normalized spacial score (nSPS) is 14.2. The third kappa shape index (κ3) is 3.58. The molecule has 0 saturated carbocycles. The highest BCUT2D eigenvalue weighted by Gasteiger charge is 2.27. The Balaban J connectivity index is 2.02. The van der Waals surface area contributed by atoms with Gasteiger partial charge in [0.1, 0.15) is 5.69 Å². The Morgan fingerprint density at radius 2 is 1.52 bits per heavy atom. The van der Waals surface area contributed by atoms with Crippen LogP contribution in [0.15, 0.2) is 0 Å². The fourth-order valence-electron chi connectivity index (χ4n) is 1.91. The van der Waals surface area contributed by atoms with Crippen LogP contribution in [0.4, 0.5) is 27.6 Å². The molecule has 10 heteroatoms. The first-order chi connectivity index (χ1) is 10.8. The number of nitrogens with zero attached hydrogens (tertiary/aromatic N) is 1. The van der Waals surface area contributed by atoms with E-state index in [9.17, 15) is 31.5 Å². The van der Waals surface area contributed by atoms with Crippen LogP contribution in [0.5, 0.6) is 0 Å². The van der Waals surface area contributed by atoms with Crippen molar-refractivity contribution in [1.29, 1.82) is 0 Å². The van der Waals surface area contributed by atoms with E-state index in [4.69, 9.17) is 4.84 Å². The summed E-state index contributed by atoms with van der Waals surface area (Å²) in [5, 5.41) is 2.63. The molecule has 1 N–H and O–H groups in total. The van der Waals surface area contributed by atoms with Crippen LogP contribution in [-0.2, 0) is 14.4 Å². The smallest absolute Gasteiger partial charge is 0.246 e. The Morgan fingerprint density at radius 1 is 0.957 bits per heavy atom. The van der Waals surface area contributed by atoms with Gasteiger partial charge in [-0.3, -0.25) is 14.4 Å². The van der Waals surface area contributed by atoms with E-state index in [1.54, 1.807) is 5.32 Å². The molecule has 5 nitrogen and oxygen atoms in total. The first-order valence-corrected chi connectivity index (χ1v) is 6.57. The largest absolute Gasteiger partial charge is 0.321 e. The summed E-state index contributed by atoms with van der Waals surface area (Å²) in [6.45, 7) is 0.723. The van der Waals surface area contributed by atoms with E-state index in [2.05, 4.69) is 0 Å². The molecule has 23 heavy (non-hydrogen) atoms. The number of carbonyl (C=O) groups is 2. The monoisotopic (exact) mass is 338 g/mol. The maximum atomic E-state index is 13.4. The van der Waals surface area contributed by atoms with Crippen molar-refractivity contribution in [2.45, 2.75) is 19.3 Å². The van der Waals surface area contributed by atoms with Gasteiger partial charge in [0.05, 0.1) is 13.2 Å². The molecule has 0 spiro atoms. The molecular weight excluding hydrogens is 327 g/mol. The summed E-state index contributed by atoms with van der Waals surface area (Å²) >= 11 is 0. The van der Waals surface area contributed by atoms with Crippen molar-refractivity contribution >= 4 is 17.5 Å². The highest BCUT2D eigenvalue weighted by molar-refractivity contribution is 5.93. The molecule has 0 radical (unpaired) electrons. The van der Waals surface area contributed by atoms with Crippen LogP contribution in [0.25, 0.3) is 0 Å². The molecule has 0 aliphatic carbocycles. The SMILES string of the molecule is O=C(CCC(=O)N1CCCO1)Nc1c(F)c(F)c(F)c(F)c1F. The molecule has 0 bridgehead atoms. The van der Waals surface area contributed by atoms with Crippen molar-refractivity contribution in [3.63, 3.8) is 0 Å². The van der Waals surface area contributed by atoms with Crippen molar-refractivity contribution in [3.8, 4) is 0 Å². The maximum absolute atomic E-state index is 13.4. The first kappa shape index (κ1) is 17.1. The molecule has 1 fully saturated rings. The molecule has 1 aromatic carbocycles. The van der Waals surface area contributed by atoms with Gasteiger partial charge in [-0.1, -0.05) is 0 Å². The Labute approximate surface area is 127 Å². The summed E-state index contributed by atoms with van der Waals surface area (Å²) in [6.07, 6.45) is -0.193. The number of anilines is 1. The van der Waals surface area contributed by atoms with Gasteiger partial charge < -0.3 is 5.32 Å². The molecule has 0 aromatic heterocycles. The second-order valence-corrected chi connectivity index (χ2v) is 4.68. The molecule has 2 rings (SSSR count). The lowest BCUT2D eigenvalue weighted by Crippen LogP contribution is -2.27. The van der Waals surface area contributed by atoms with Crippen LogP contribution in [0.1, 0.15) is 19.3 Å². The lowest BCUT2D eigenvalue weighted by Gasteiger charge is -2.13. The molecular formula is C13H11F5N2O3. The molecule has 0 atom stereocenters. The standard InChI is InChI=1S/C13H11F5N2O3/c14-8-9(15)11(17)13(12(18)10(8)16)19-6(21)2-3-7(22)20-4-1-5-23-20/h1-5H2,(H,19,21). The van der Waals surface area contributed by atoms with Crippen LogP contribution in [0.3, 0.4) is 0 Å². The van der Waals surface area contributed by atoms with Gasteiger partial charge in [0.25, 0.3) is 0 Å². The zero-order valence-electron chi connectivity index (χ0n) is 11.6. The fraction of sp³-hybridized carbons (Fsp3) is 0.385. The molecule has 1 saturated heterocycles. The van der Waals surface area contributed by atoms with E-state index in [-0.39, 0.29) is 6.42 Å². The number of benzene rings is 1. The topological polar surface area (TPSA) is 58.6 Å². The summed E-state index contributed by atoms with van der Waals surface area (Å²) in [5.74, 6) is -12.5. The third-order valence-corrected chi connectivity index (χ3v) is 3.07. The number of halogens is 5. The quantitative estimate of drug-likeness (QED) is 0.520. The van der Waals surface area contributed by atoms with E-state index in [1.165, 1.54) is 0 Å². The zero-order valence-corrected chi connectivity index (χ0v) is 11.6. The molecule has 126 valence electrons. The van der Waals surface area contributed by atoms with Gasteiger partial charge in [0, 0.05) is 12.8 Å². The number of hydrogen-bond acceptors (Lipinski definition) is 3. The van der Waals surface area contributed by atoms with Crippen LogP contribution in [-0.4, -0.2) is 30.0 Å². The minimum Gasteiger partial charge on any atom is -0.321 e. The predicted octanol–water partition coefficient (Wildman–Crippen LogP) is 2.26. The maximum Gasteiger partial charge on any atom is 0.246 e. The summed E-state index contributed by atoms with van der Waals surface area (Å²) in [4.78, 5) is 28.1. The average Bonchev–Trinajstić information content (AvgIpc) is 3.07. The second-order valence-electron chi connectivity index (χ2n) is 4.68. The molecule has 1 heterocycles. The number of hydrogen-bond donors (Lipinski definition) is 1. The van der Waals surface area contributed by atoms with E-state index in [0.717, 1.165) is 5.06 Å². The van der Waals surface area contributed by atoms with Crippen LogP contribution >= 0.6 is 0 Å². The lowest BCUT2D eigenvalue weighted by molar-refractivity contribution is -0.169. The summed E-state index contributed by atoms with van der Waals surface area (Å²) in [6, 6.07) is 0. The Hall–Kier alpha value is -2.23. The molecule has 2 amide bonds. The molecule has 1 aromatic rings. The van der Waals surface area contributed by atoms with Crippen molar-refractivity contribution < 1.29 is 36.4 Å².